The van der Waals surface area contributed by atoms with E-state index in [1.54, 1.807) is 0 Å². The summed E-state index contributed by atoms with van der Waals surface area (Å²) in [6, 6.07) is 7.47. The predicted octanol–water partition coefficient (Wildman–Crippen LogP) is 3.51. The number of nitrogens with zero attached hydrogens (tertiary/aromatic N) is 1. The highest BCUT2D eigenvalue weighted by atomic mass is 35.5. The minimum absolute atomic E-state index is 0.282. The van der Waals surface area contributed by atoms with Crippen LogP contribution in [0.2, 0.25) is 5.02 Å². The molecule has 0 aliphatic carbocycles. The monoisotopic (exact) mass is 263 g/mol. The number of hydrogen-bond donors (Lipinski definition) is 0. The Bertz CT molecular complexity index is 517. The number of esters is 1. The van der Waals surface area contributed by atoms with Crippen LogP contribution < -0.4 is 4.90 Å². The van der Waals surface area contributed by atoms with E-state index in [4.69, 9.17) is 16.3 Å². The van der Waals surface area contributed by atoms with Gasteiger partial charge in [0.2, 0.25) is 0 Å². The second-order valence-electron chi connectivity index (χ2n) is 3.99. The lowest BCUT2D eigenvalue weighted by molar-refractivity contribution is -0.136. The quantitative estimate of drug-likeness (QED) is 0.765. The maximum atomic E-state index is 11.6. The molecular formula is C14H14ClNO2. The Morgan fingerprint density at radius 3 is 2.61 bits per heavy atom. The molecule has 0 unspecified atom stereocenters. The second-order valence-corrected chi connectivity index (χ2v) is 4.43. The number of hydrogen-bond acceptors (Lipinski definition) is 3. The van der Waals surface area contributed by atoms with Crippen LogP contribution in [-0.4, -0.2) is 13.1 Å². The molecule has 0 amide bonds. The van der Waals surface area contributed by atoms with Crippen molar-refractivity contribution in [1.29, 1.82) is 0 Å². The first-order chi connectivity index (χ1) is 8.63. The highest BCUT2D eigenvalue weighted by molar-refractivity contribution is 6.30. The van der Waals surface area contributed by atoms with Gasteiger partial charge in [0.05, 0.1) is 12.7 Å². The van der Waals surface area contributed by atoms with Gasteiger partial charge in [-0.15, -0.1) is 0 Å². The molecule has 1 aromatic carbocycles. The maximum Gasteiger partial charge on any atom is 0.335 e. The van der Waals surface area contributed by atoms with Crippen LogP contribution >= 0.6 is 11.6 Å². The fraction of sp³-hybridized carbons (Fsp3) is 0.214. The van der Waals surface area contributed by atoms with E-state index in [0.717, 1.165) is 11.4 Å². The normalized spacial score (nSPS) is 14.9. The average Bonchev–Trinajstić information content (AvgIpc) is 2.39. The Kier molecular flexibility index (Phi) is 3.72. The van der Waals surface area contributed by atoms with Gasteiger partial charge in [0, 0.05) is 29.0 Å². The molecule has 1 aliphatic rings. The molecule has 1 aliphatic heterocycles. The molecule has 18 heavy (non-hydrogen) atoms. The van der Waals surface area contributed by atoms with Gasteiger partial charge in [-0.3, -0.25) is 0 Å². The Hall–Kier alpha value is -1.74. The lowest BCUT2D eigenvalue weighted by atomic mass is 10.1. The number of halogens is 1. The second kappa shape index (κ2) is 5.27. The zero-order valence-electron chi connectivity index (χ0n) is 10.3. The van der Waals surface area contributed by atoms with Gasteiger partial charge < -0.3 is 9.64 Å². The summed E-state index contributed by atoms with van der Waals surface area (Å²) in [6.07, 6.45) is 4.49. The fourth-order valence-electron chi connectivity index (χ4n) is 1.92. The fourth-order valence-corrected chi connectivity index (χ4v) is 2.04. The summed E-state index contributed by atoms with van der Waals surface area (Å²) in [6.45, 7) is 1.91. The van der Waals surface area contributed by atoms with E-state index in [0.29, 0.717) is 17.0 Å². The summed E-state index contributed by atoms with van der Waals surface area (Å²) in [5.41, 5.74) is 2.52. The largest absolute Gasteiger partial charge is 0.466 e. The topological polar surface area (TPSA) is 29.5 Å². The van der Waals surface area contributed by atoms with E-state index in [9.17, 15) is 4.79 Å². The lowest BCUT2D eigenvalue weighted by Crippen LogP contribution is -2.21. The zero-order chi connectivity index (χ0) is 13.1. The molecule has 0 aromatic heterocycles. The minimum atomic E-state index is -0.282. The van der Waals surface area contributed by atoms with Gasteiger partial charge in [0.25, 0.3) is 0 Å². The number of methoxy groups -OCH3 is 1. The smallest absolute Gasteiger partial charge is 0.335 e. The van der Waals surface area contributed by atoms with Crippen LogP contribution in [0.4, 0.5) is 5.69 Å². The molecule has 0 radical (unpaired) electrons. The van der Waals surface area contributed by atoms with E-state index in [1.807, 2.05) is 48.4 Å². The summed E-state index contributed by atoms with van der Waals surface area (Å²) >= 11 is 5.87. The van der Waals surface area contributed by atoms with Crippen LogP contribution in [0.25, 0.3) is 0 Å². The SMILES string of the molecule is COC(=O)C1=C(C)N(c2ccc(Cl)cc2)C=CC1. The minimum Gasteiger partial charge on any atom is -0.466 e. The molecule has 0 spiro atoms. The van der Waals surface area contributed by atoms with Gasteiger partial charge in [0.15, 0.2) is 0 Å². The van der Waals surface area contributed by atoms with Crippen molar-refractivity contribution in [3.63, 3.8) is 0 Å². The third kappa shape index (κ3) is 2.41. The molecule has 1 heterocycles. The molecule has 3 nitrogen and oxygen atoms in total. The molecule has 4 heteroatoms. The molecule has 94 valence electrons. The van der Waals surface area contributed by atoms with Crippen LogP contribution in [0.5, 0.6) is 0 Å². The summed E-state index contributed by atoms with van der Waals surface area (Å²) in [7, 11) is 1.40. The highest BCUT2D eigenvalue weighted by Crippen LogP contribution is 2.28. The molecular weight excluding hydrogens is 250 g/mol. The first kappa shape index (κ1) is 12.7. The predicted molar refractivity (Wildman–Crippen MR) is 72.4 cm³/mol. The van der Waals surface area contributed by atoms with Crippen molar-refractivity contribution < 1.29 is 9.53 Å². The van der Waals surface area contributed by atoms with Crippen LogP contribution in [0.15, 0.2) is 47.8 Å². The Labute approximate surface area is 111 Å². The first-order valence-corrected chi connectivity index (χ1v) is 6.01. The van der Waals surface area contributed by atoms with Crippen molar-refractivity contribution in [2.75, 3.05) is 12.0 Å². The maximum absolute atomic E-state index is 11.6. The van der Waals surface area contributed by atoms with Crippen LogP contribution in [0.1, 0.15) is 13.3 Å². The third-order valence-corrected chi connectivity index (χ3v) is 3.16. The van der Waals surface area contributed by atoms with Crippen molar-refractivity contribution in [3.05, 3.63) is 52.8 Å². The number of carbonyl (C=O) groups excluding carboxylic acids is 1. The van der Waals surface area contributed by atoms with E-state index in [2.05, 4.69) is 0 Å². The molecule has 0 saturated carbocycles. The number of rotatable bonds is 2. The van der Waals surface area contributed by atoms with Crippen LogP contribution in [0.3, 0.4) is 0 Å². The lowest BCUT2D eigenvalue weighted by Gasteiger charge is -2.26. The molecule has 0 bridgehead atoms. The molecule has 0 fully saturated rings. The Morgan fingerprint density at radius 1 is 1.33 bits per heavy atom. The van der Waals surface area contributed by atoms with Gasteiger partial charge in [0.1, 0.15) is 0 Å². The van der Waals surface area contributed by atoms with Crippen LogP contribution in [-0.2, 0) is 9.53 Å². The highest BCUT2D eigenvalue weighted by Gasteiger charge is 2.19. The van der Waals surface area contributed by atoms with Gasteiger partial charge in [-0.25, -0.2) is 4.79 Å². The van der Waals surface area contributed by atoms with Crippen molar-refractivity contribution in [1.82, 2.24) is 0 Å². The van der Waals surface area contributed by atoms with Crippen molar-refractivity contribution in [2.45, 2.75) is 13.3 Å². The number of anilines is 1. The van der Waals surface area contributed by atoms with E-state index >= 15 is 0 Å². The first-order valence-electron chi connectivity index (χ1n) is 5.63. The molecule has 0 atom stereocenters. The number of ether oxygens (including phenoxy) is 1. The van der Waals surface area contributed by atoms with E-state index in [1.165, 1.54) is 7.11 Å². The number of allylic oxidation sites excluding steroid dienone is 2. The van der Waals surface area contributed by atoms with E-state index < -0.39 is 0 Å². The van der Waals surface area contributed by atoms with Crippen molar-refractivity contribution in [2.24, 2.45) is 0 Å². The summed E-state index contributed by atoms with van der Waals surface area (Å²) < 4.78 is 4.78. The molecule has 0 saturated heterocycles. The Morgan fingerprint density at radius 2 is 2.00 bits per heavy atom. The number of benzene rings is 1. The van der Waals surface area contributed by atoms with Gasteiger partial charge >= 0.3 is 5.97 Å². The van der Waals surface area contributed by atoms with Gasteiger partial charge in [-0.05, 0) is 31.2 Å². The van der Waals surface area contributed by atoms with Crippen LogP contribution in [0, 0.1) is 0 Å². The summed E-state index contributed by atoms with van der Waals surface area (Å²) in [4.78, 5) is 13.6. The average molecular weight is 264 g/mol. The molecule has 2 rings (SSSR count). The summed E-state index contributed by atoms with van der Waals surface area (Å²) in [5.74, 6) is -0.282. The van der Waals surface area contributed by atoms with E-state index in [-0.39, 0.29) is 5.97 Å². The van der Waals surface area contributed by atoms with Crippen molar-refractivity contribution in [3.8, 4) is 0 Å². The van der Waals surface area contributed by atoms with Gasteiger partial charge in [-0.1, -0.05) is 17.7 Å². The number of carbonyl (C=O) groups is 1. The zero-order valence-corrected chi connectivity index (χ0v) is 11.1. The van der Waals surface area contributed by atoms with Gasteiger partial charge in [-0.2, -0.15) is 0 Å². The van der Waals surface area contributed by atoms with Crippen molar-refractivity contribution >= 4 is 23.3 Å². The summed E-state index contributed by atoms with van der Waals surface area (Å²) in [5, 5.41) is 0.689. The third-order valence-electron chi connectivity index (χ3n) is 2.91. The Balaban J connectivity index is 2.36. The molecule has 0 N–H and O–H groups in total. The molecule has 1 aromatic rings. The standard InChI is InChI=1S/C14H14ClNO2/c1-10-13(14(17)18-2)4-3-9-16(10)12-7-5-11(15)6-8-12/h3,5-9H,4H2,1-2H3.